The third-order valence-electron chi connectivity index (χ3n) is 0.657. The number of hydrogen-bond acceptors (Lipinski definition) is 2. The van der Waals surface area contributed by atoms with Gasteiger partial charge in [0.15, 0.2) is 5.78 Å². The van der Waals surface area contributed by atoms with Crippen molar-refractivity contribution in [3.8, 4) is 0 Å². The Morgan fingerprint density at radius 3 is 2.56 bits per heavy atom. The van der Waals surface area contributed by atoms with Crippen molar-refractivity contribution in [2.24, 2.45) is 0 Å². The maximum Gasteiger partial charge on any atom is 0.167 e. The van der Waals surface area contributed by atoms with E-state index in [4.69, 9.17) is 16.3 Å². The quantitative estimate of drug-likeness (QED) is 0.570. The van der Waals surface area contributed by atoms with Crippen LogP contribution in [-0.2, 0) is 9.53 Å². The van der Waals surface area contributed by atoms with Crippen LogP contribution in [0.1, 0.15) is 13.8 Å². The molecule has 0 aromatic carbocycles. The number of ketones is 1. The van der Waals surface area contributed by atoms with Gasteiger partial charge >= 0.3 is 0 Å². The van der Waals surface area contributed by atoms with Crippen molar-refractivity contribution in [3.05, 3.63) is 11.3 Å². The van der Waals surface area contributed by atoms with Gasteiger partial charge < -0.3 is 4.74 Å². The molecule has 0 aliphatic heterocycles. The Labute approximate surface area is 59.5 Å². The number of ether oxygens (including phenoxy) is 1. The SMILES string of the molecule is CC(=O)CO/C(C)=C/Cl. The van der Waals surface area contributed by atoms with Crippen LogP contribution in [0.15, 0.2) is 11.3 Å². The van der Waals surface area contributed by atoms with Gasteiger partial charge in [0.2, 0.25) is 0 Å². The Morgan fingerprint density at radius 1 is 1.67 bits per heavy atom. The fourth-order valence-corrected chi connectivity index (χ4v) is 0.310. The number of allylic oxidation sites excluding steroid dienone is 1. The predicted molar refractivity (Wildman–Crippen MR) is 36.2 cm³/mol. The van der Waals surface area contributed by atoms with E-state index in [2.05, 4.69) is 0 Å². The number of rotatable bonds is 3. The molecule has 0 aromatic rings. The highest BCUT2D eigenvalue weighted by molar-refractivity contribution is 6.25. The van der Waals surface area contributed by atoms with Gasteiger partial charge in [0.1, 0.15) is 12.4 Å². The summed E-state index contributed by atoms with van der Waals surface area (Å²) in [4.78, 5) is 10.3. The molecule has 0 radical (unpaired) electrons. The van der Waals surface area contributed by atoms with Gasteiger partial charge in [-0.25, -0.2) is 0 Å². The summed E-state index contributed by atoms with van der Waals surface area (Å²) in [6.07, 6.45) is 0. The maximum atomic E-state index is 10.3. The summed E-state index contributed by atoms with van der Waals surface area (Å²) in [6.45, 7) is 3.26. The van der Waals surface area contributed by atoms with Gasteiger partial charge in [-0.3, -0.25) is 4.79 Å². The number of hydrogen-bond donors (Lipinski definition) is 0. The molecule has 3 heteroatoms. The molecule has 0 fully saturated rings. The summed E-state index contributed by atoms with van der Waals surface area (Å²) in [5, 5.41) is 0. The van der Waals surface area contributed by atoms with Gasteiger partial charge in [-0.15, -0.1) is 0 Å². The first-order valence-electron chi connectivity index (χ1n) is 2.56. The highest BCUT2D eigenvalue weighted by atomic mass is 35.5. The summed E-state index contributed by atoms with van der Waals surface area (Å²) in [7, 11) is 0. The zero-order valence-corrected chi connectivity index (χ0v) is 6.23. The molecule has 0 unspecified atom stereocenters. The normalized spacial score (nSPS) is 11.2. The minimum absolute atomic E-state index is 0.00660. The van der Waals surface area contributed by atoms with Crippen LogP contribution in [0.5, 0.6) is 0 Å². The fourth-order valence-electron chi connectivity index (χ4n) is 0.247. The van der Waals surface area contributed by atoms with Crippen LogP contribution >= 0.6 is 11.6 Å². The summed E-state index contributed by atoms with van der Waals surface area (Å²) >= 11 is 5.24. The number of Topliss-reactive ketones (excluding diaryl/α,β-unsaturated/α-hetero) is 1. The minimum atomic E-state index is -0.00660. The molecule has 0 aliphatic carbocycles. The molecule has 0 amide bonds. The van der Waals surface area contributed by atoms with Crippen molar-refractivity contribution in [3.63, 3.8) is 0 Å². The lowest BCUT2D eigenvalue weighted by atomic mass is 10.5. The lowest BCUT2D eigenvalue weighted by Crippen LogP contribution is -2.01. The maximum absolute atomic E-state index is 10.3. The third-order valence-corrected chi connectivity index (χ3v) is 0.964. The van der Waals surface area contributed by atoms with Crippen molar-refractivity contribution in [1.29, 1.82) is 0 Å². The lowest BCUT2D eigenvalue weighted by Gasteiger charge is -1.99. The van der Waals surface area contributed by atoms with Gasteiger partial charge in [0, 0.05) is 5.54 Å². The second kappa shape index (κ2) is 4.39. The van der Waals surface area contributed by atoms with Crippen molar-refractivity contribution >= 4 is 17.4 Å². The zero-order chi connectivity index (χ0) is 7.28. The van der Waals surface area contributed by atoms with E-state index in [0.29, 0.717) is 5.76 Å². The lowest BCUT2D eigenvalue weighted by molar-refractivity contribution is -0.120. The molecule has 0 spiro atoms. The van der Waals surface area contributed by atoms with Gasteiger partial charge in [0.05, 0.1) is 0 Å². The molecule has 0 aliphatic rings. The smallest absolute Gasteiger partial charge is 0.167 e. The van der Waals surface area contributed by atoms with Crippen LogP contribution < -0.4 is 0 Å². The van der Waals surface area contributed by atoms with E-state index in [1.807, 2.05) is 0 Å². The molecule has 0 atom stereocenters. The molecule has 0 rings (SSSR count). The van der Waals surface area contributed by atoms with Crippen molar-refractivity contribution < 1.29 is 9.53 Å². The second-order valence-electron chi connectivity index (χ2n) is 1.71. The molecule has 0 saturated carbocycles. The van der Waals surface area contributed by atoms with Crippen LogP contribution in [0.3, 0.4) is 0 Å². The predicted octanol–water partition coefficient (Wildman–Crippen LogP) is 1.69. The van der Waals surface area contributed by atoms with Crippen LogP contribution in [0.25, 0.3) is 0 Å². The molecular formula is C6H9ClO2. The molecule has 0 bridgehead atoms. The van der Waals surface area contributed by atoms with Crippen LogP contribution in [0, 0.1) is 0 Å². The first-order chi connectivity index (χ1) is 4.16. The standard InChI is InChI=1S/C6H9ClO2/c1-5(8)4-9-6(2)3-7/h3H,4H2,1-2H3/b6-3+. The summed E-state index contributed by atoms with van der Waals surface area (Å²) in [5.74, 6) is 0.555. The van der Waals surface area contributed by atoms with Gasteiger partial charge in [-0.05, 0) is 13.8 Å². The van der Waals surface area contributed by atoms with Crippen LogP contribution in [0.2, 0.25) is 0 Å². The molecule has 0 heterocycles. The van der Waals surface area contributed by atoms with E-state index < -0.39 is 0 Å². The van der Waals surface area contributed by atoms with Crippen molar-refractivity contribution in [1.82, 2.24) is 0 Å². The van der Waals surface area contributed by atoms with Crippen molar-refractivity contribution in [2.75, 3.05) is 6.61 Å². The number of carbonyl (C=O) groups is 1. The Bertz CT molecular complexity index is 129. The summed E-state index contributed by atoms with van der Waals surface area (Å²) in [6, 6.07) is 0. The molecule has 9 heavy (non-hydrogen) atoms. The Hall–Kier alpha value is -0.500. The van der Waals surface area contributed by atoms with Crippen LogP contribution in [0.4, 0.5) is 0 Å². The van der Waals surface area contributed by atoms with Crippen molar-refractivity contribution in [2.45, 2.75) is 13.8 Å². The molecule has 52 valence electrons. The van der Waals surface area contributed by atoms with E-state index >= 15 is 0 Å². The summed E-state index contributed by atoms with van der Waals surface area (Å²) < 4.78 is 4.83. The highest BCUT2D eigenvalue weighted by Gasteiger charge is 1.92. The summed E-state index contributed by atoms with van der Waals surface area (Å²) in [5.41, 5.74) is 1.29. The van der Waals surface area contributed by atoms with E-state index in [1.54, 1.807) is 6.92 Å². The number of halogens is 1. The monoisotopic (exact) mass is 148 g/mol. The first kappa shape index (κ1) is 8.50. The average molecular weight is 149 g/mol. The van der Waals surface area contributed by atoms with E-state index in [-0.39, 0.29) is 12.4 Å². The van der Waals surface area contributed by atoms with E-state index in [0.717, 1.165) is 0 Å². The highest BCUT2D eigenvalue weighted by Crippen LogP contribution is 1.96. The van der Waals surface area contributed by atoms with Gasteiger partial charge in [-0.1, -0.05) is 11.6 Å². The Kier molecular flexibility index (Phi) is 4.14. The molecular weight excluding hydrogens is 140 g/mol. The zero-order valence-electron chi connectivity index (χ0n) is 5.48. The van der Waals surface area contributed by atoms with Gasteiger partial charge in [0.25, 0.3) is 0 Å². The molecule has 0 saturated heterocycles. The average Bonchev–Trinajstić information content (AvgIpc) is 1.83. The fraction of sp³-hybridized carbons (Fsp3) is 0.500. The third kappa shape index (κ3) is 5.37. The topological polar surface area (TPSA) is 26.3 Å². The van der Waals surface area contributed by atoms with Crippen LogP contribution in [-0.4, -0.2) is 12.4 Å². The van der Waals surface area contributed by atoms with E-state index in [1.165, 1.54) is 12.5 Å². The largest absolute Gasteiger partial charge is 0.490 e. The van der Waals surface area contributed by atoms with E-state index in [9.17, 15) is 4.79 Å². The first-order valence-corrected chi connectivity index (χ1v) is 2.99. The molecule has 0 aromatic heterocycles. The number of carbonyl (C=O) groups excluding carboxylic acids is 1. The Balaban J connectivity index is 3.39. The minimum Gasteiger partial charge on any atom is -0.490 e. The Morgan fingerprint density at radius 2 is 2.22 bits per heavy atom. The van der Waals surface area contributed by atoms with Gasteiger partial charge in [-0.2, -0.15) is 0 Å². The molecule has 0 N–H and O–H groups in total. The second-order valence-corrected chi connectivity index (χ2v) is 1.93. The molecule has 2 nitrogen and oxygen atoms in total.